The molecule has 0 spiro atoms. The molecule has 3 aromatic rings. The molecule has 2 aromatic heterocycles. The van der Waals surface area contributed by atoms with Crippen molar-refractivity contribution in [3.63, 3.8) is 0 Å². The molecule has 0 bridgehead atoms. The van der Waals surface area contributed by atoms with Crippen LogP contribution in [-0.2, 0) is 0 Å². The van der Waals surface area contributed by atoms with Crippen molar-refractivity contribution in [2.45, 2.75) is 32.6 Å². The molecule has 1 saturated carbocycles. The Bertz CT molecular complexity index is 1260. The molecule has 0 atom stereocenters. The highest BCUT2D eigenvalue weighted by Gasteiger charge is 2.31. The number of carbonyl (C=O) groups is 1. The maximum Gasteiger partial charge on any atom is 0.260 e. The van der Waals surface area contributed by atoms with E-state index in [0.29, 0.717) is 17.8 Å². The molecule has 9 heteroatoms. The highest BCUT2D eigenvalue weighted by atomic mass is 16.4. The van der Waals surface area contributed by atoms with Crippen LogP contribution in [0.1, 0.15) is 41.6 Å². The van der Waals surface area contributed by atoms with E-state index in [-0.39, 0.29) is 11.8 Å². The third kappa shape index (κ3) is 4.21. The van der Waals surface area contributed by atoms with Gasteiger partial charge in [-0.15, -0.1) is 0 Å². The van der Waals surface area contributed by atoms with Crippen molar-refractivity contribution in [1.82, 2.24) is 19.9 Å². The average molecular weight is 444 g/mol. The lowest BCUT2D eigenvalue weighted by Gasteiger charge is -2.22. The molecular formula is C24H25N7O2. The van der Waals surface area contributed by atoms with Gasteiger partial charge in [0.1, 0.15) is 5.56 Å². The topological polar surface area (TPSA) is 107 Å². The van der Waals surface area contributed by atoms with E-state index in [2.05, 4.69) is 51.7 Å². The van der Waals surface area contributed by atoms with Gasteiger partial charge in [-0.25, -0.2) is 9.50 Å². The molecule has 1 aromatic carbocycles. The number of hydrogen-bond acceptors (Lipinski definition) is 7. The highest BCUT2D eigenvalue weighted by molar-refractivity contribution is 6.07. The van der Waals surface area contributed by atoms with Gasteiger partial charge in [0.15, 0.2) is 5.65 Å². The van der Waals surface area contributed by atoms with Gasteiger partial charge in [0.2, 0.25) is 0 Å². The summed E-state index contributed by atoms with van der Waals surface area (Å²) in [6.45, 7) is 2.63. The van der Waals surface area contributed by atoms with E-state index < -0.39 is 0 Å². The molecule has 5 rings (SSSR count). The van der Waals surface area contributed by atoms with E-state index >= 15 is 0 Å². The number of hydrazone groups is 1. The van der Waals surface area contributed by atoms with Gasteiger partial charge in [-0.3, -0.25) is 9.80 Å². The molecule has 168 valence electrons. The van der Waals surface area contributed by atoms with Crippen molar-refractivity contribution in [1.29, 1.82) is 0 Å². The van der Waals surface area contributed by atoms with Crippen LogP contribution in [0.3, 0.4) is 0 Å². The van der Waals surface area contributed by atoms with Crippen molar-refractivity contribution in [2.24, 2.45) is 16.2 Å². The number of benzene rings is 1. The van der Waals surface area contributed by atoms with Crippen molar-refractivity contribution in [3.8, 4) is 0 Å². The van der Waals surface area contributed by atoms with Gasteiger partial charge in [0, 0.05) is 30.1 Å². The summed E-state index contributed by atoms with van der Waals surface area (Å²) in [5, 5.41) is 26.5. The molecule has 2 aliphatic rings. The van der Waals surface area contributed by atoms with Crippen LogP contribution in [0.4, 0.5) is 5.69 Å². The second-order valence-corrected chi connectivity index (χ2v) is 8.41. The fourth-order valence-corrected chi connectivity index (χ4v) is 4.34. The molecular weight excluding hydrogens is 418 g/mol. The summed E-state index contributed by atoms with van der Waals surface area (Å²) in [6.07, 6.45) is 9.91. The zero-order valence-electron chi connectivity index (χ0n) is 18.3. The zero-order chi connectivity index (χ0) is 22.8. The Balaban J connectivity index is 1.40. The summed E-state index contributed by atoms with van der Waals surface area (Å²) < 4.78 is 1.58. The standard InChI is InChI=1S/C24H25N7O2/c1-16-3-9-20(10-4-16)31-15-18(22(28-31)17-5-7-19(29-33)8-6-17)13-26-24(32)21-14-27-30-12-2-11-25-23(21)30/h2-4,9-14,17,33H,5-8,15H2,1H3,(H,26,32)/b18-13+,29-19?. The first-order valence-corrected chi connectivity index (χ1v) is 11.0. The fourth-order valence-electron chi connectivity index (χ4n) is 4.34. The zero-order valence-corrected chi connectivity index (χ0v) is 18.3. The number of amides is 1. The minimum Gasteiger partial charge on any atom is -0.411 e. The lowest BCUT2D eigenvalue weighted by molar-refractivity contribution is 0.0971. The number of oxime groups is 1. The number of rotatable bonds is 4. The maximum absolute atomic E-state index is 12.9. The lowest BCUT2D eigenvalue weighted by Crippen LogP contribution is -2.25. The van der Waals surface area contributed by atoms with E-state index in [1.54, 1.807) is 29.2 Å². The van der Waals surface area contributed by atoms with Gasteiger partial charge in [-0.1, -0.05) is 22.9 Å². The van der Waals surface area contributed by atoms with E-state index in [9.17, 15) is 4.79 Å². The molecule has 33 heavy (non-hydrogen) atoms. The summed E-state index contributed by atoms with van der Waals surface area (Å²) in [5.41, 5.74) is 5.91. The van der Waals surface area contributed by atoms with Crippen molar-refractivity contribution in [2.75, 3.05) is 11.6 Å². The molecule has 9 nitrogen and oxygen atoms in total. The molecule has 0 radical (unpaired) electrons. The Morgan fingerprint density at radius 2 is 2.03 bits per heavy atom. The van der Waals surface area contributed by atoms with Crippen LogP contribution in [0.2, 0.25) is 0 Å². The summed E-state index contributed by atoms with van der Waals surface area (Å²) >= 11 is 0. The fraction of sp³-hybridized carbons (Fsp3) is 0.292. The van der Waals surface area contributed by atoms with Crippen LogP contribution >= 0.6 is 0 Å². The third-order valence-corrected chi connectivity index (χ3v) is 6.20. The van der Waals surface area contributed by atoms with Gasteiger partial charge < -0.3 is 10.5 Å². The van der Waals surface area contributed by atoms with Gasteiger partial charge in [0.25, 0.3) is 5.91 Å². The van der Waals surface area contributed by atoms with Crippen LogP contribution in [-0.4, -0.2) is 43.7 Å². The first-order chi connectivity index (χ1) is 16.1. The summed E-state index contributed by atoms with van der Waals surface area (Å²) in [7, 11) is 0. The number of nitrogens with zero attached hydrogens (tertiary/aromatic N) is 6. The van der Waals surface area contributed by atoms with Crippen molar-refractivity contribution in [3.05, 3.63) is 71.8 Å². The first kappa shape index (κ1) is 20.9. The summed E-state index contributed by atoms with van der Waals surface area (Å²) in [5.74, 6) is -0.0181. The predicted octanol–water partition coefficient (Wildman–Crippen LogP) is 3.55. The number of anilines is 1. The minimum absolute atomic E-state index is 0.243. The third-order valence-electron chi connectivity index (χ3n) is 6.20. The summed E-state index contributed by atoms with van der Waals surface area (Å²) in [6, 6.07) is 10.0. The number of aryl methyl sites for hydroxylation is 1. The quantitative estimate of drug-likeness (QED) is 0.474. The monoisotopic (exact) mass is 443 g/mol. The minimum atomic E-state index is -0.261. The number of aromatic nitrogens is 3. The predicted molar refractivity (Wildman–Crippen MR) is 126 cm³/mol. The van der Waals surface area contributed by atoms with Gasteiger partial charge in [0.05, 0.1) is 29.9 Å². The van der Waals surface area contributed by atoms with Crippen LogP contribution in [0, 0.1) is 12.8 Å². The Labute approximate surface area is 191 Å². The first-order valence-electron chi connectivity index (χ1n) is 11.0. The van der Waals surface area contributed by atoms with E-state index in [1.165, 1.54) is 11.8 Å². The SMILES string of the molecule is Cc1ccc(N2C/C(=C\NC(=O)c3cnn4cccnc34)C(C3CCC(=NO)CC3)=N2)cc1. The average Bonchev–Trinajstić information content (AvgIpc) is 3.48. The van der Waals surface area contributed by atoms with Gasteiger partial charge in [-0.2, -0.15) is 10.2 Å². The van der Waals surface area contributed by atoms with E-state index in [4.69, 9.17) is 10.3 Å². The van der Waals surface area contributed by atoms with Crippen LogP contribution in [0.5, 0.6) is 0 Å². The Morgan fingerprint density at radius 3 is 2.79 bits per heavy atom. The number of hydrogen-bond donors (Lipinski definition) is 2. The lowest BCUT2D eigenvalue weighted by atomic mass is 9.82. The molecule has 2 N–H and O–H groups in total. The Morgan fingerprint density at radius 1 is 1.24 bits per heavy atom. The van der Waals surface area contributed by atoms with Crippen LogP contribution < -0.4 is 10.3 Å². The summed E-state index contributed by atoms with van der Waals surface area (Å²) in [4.78, 5) is 17.1. The molecule has 0 saturated heterocycles. The van der Waals surface area contributed by atoms with Crippen LogP contribution in [0.25, 0.3) is 5.65 Å². The normalized spacial score (nSPS) is 19.7. The van der Waals surface area contributed by atoms with E-state index in [1.807, 2.05) is 5.01 Å². The van der Waals surface area contributed by atoms with Crippen molar-refractivity contribution < 1.29 is 10.0 Å². The molecule has 1 aliphatic carbocycles. The van der Waals surface area contributed by atoms with Gasteiger partial charge >= 0.3 is 0 Å². The maximum atomic E-state index is 12.9. The largest absolute Gasteiger partial charge is 0.411 e. The molecule has 0 unspecified atom stereocenters. The smallest absolute Gasteiger partial charge is 0.260 e. The Hall–Kier alpha value is -4.01. The molecule has 1 fully saturated rings. The second kappa shape index (κ2) is 8.85. The van der Waals surface area contributed by atoms with Crippen LogP contribution in [0.15, 0.2) is 71.0 Å². The van der Waals surface area contributed by atoms with Gasteiger partial charge in [-0.05, 0) is 50.8 Å². The second-order valence-electron chi connectivity index (χ2n) is 8.41. The number of carbonyl (C=O) groups excluding carboxylic acids is 1. The molecule has 1 amide bonds. The number of nitrogens with one attached hydrogen (secondary N) is 1. The Kier molecular flexibility index (Phi) is 5.60. The molecule has 1 aliphatic heterocycles. The number of fused-ring (bicyclic) bond motifs is 1. The highest BCUT2D eigenvalue weighted by Crippen LogP contribution is 2.31. The molecule has 3 heterocycles. The van der Waals surface area contributed by atoms with E-state index in [0.717, 1.165) is 48.4 Å². The van der Waals surface area contributed by atoms with Crippen molar-refractivity contribution >= 4 is 28.7 Å².